The summed E-state index contributed by atoms with van der Waals surface area (Å²) in [5.74, 6) is -2.51. The largest absolute Gasteiger partial charge is 0.478 e. The molecular weight excluding hydrogens is 420 g/mol. The minimum absolute atomic E-state index is 0.191. The van der Waals surface area contributed by atoms with E-state index >= 15 is 0 Å². The van der Waals surface area contributed by atoms with Gasteiger partial charge in [-0.15, -0.1) is 0 Å². The Hall–Kier alpha value is -2.39. The summed E-state index contributed by atoms with van der Waals surface area (Å²) < 4.78 is 1.05. The van der Waals surface area contributed by atoms with Gasteiger partial charge in [-0.05, 0) is 30.5 Å². The van der Waals surface area contributed by atoms with E-state index in [4.69, 9.17) is 10.2 Å². The van der Waals surface area contributed by atoms with Crippen LogP contribution in [0.15, 0.2) is 40.9 Å². The van der Waals surface area contributed by atoms with Crippen molar-refractivity contribution in [2.45, 2.75) is 24.9 Å². The fourth-order valence-electron chi connectivity index (χ4n) is 3.34. The molecule has 1 aromatic rings. The zero-order chi connectivity index (χ0) is 20.0. The lowest BCUT2D eigenvalue weighted by molar-refractivity contribution is -0.134. The van der Waals surface area contributed by atoms with Crippen LogP contribution in [0.4, 0.5) is 4.79 Å². The summed E-state index contributed by atoms with van der Waals surface area (Å²) in [6.07, 6.45) is 2.25. The fourth-order valence-corrected chi connectivity index (χ4v) is 3.60. The topological polar surface area (TPSA) is 118 Å². The number of halogens is 1. The van der Waals surface area contributed by atoms with E-state index in [-0.39, 0.29) is 12.1 Å². The molecule has 1 atom stereocenters. The highest BCUT2D eigenvalue weighted by molar-refractivity contribution is 9.10. The van der Waals surface area contributed by atoms with Gasteiger partial charge in [-0.1, -0.05) is 28.1 Å². The molecule has 0 aromatic heterocycles. The summed E-state index contributed by atoms with van der Waals surface area (Å²) in [7, 11) is 0. The quantitative estimate of drug-likeness (QED) is 0.618. The number of benzene rings is 1. The van der Waals surface area contributed by atoms with E-state index in [1.165, 1.54) is 5.56 Å². The zero-order valence-corrected chi connectivity index (χ0v) is 16.1. The van der Waals surface area contributed by atoms with Gasteiger partial charge in [-0.2, -0.15) is 0 Å². The minimum Gasteiger partial charge on any atom is -0.478 e. The van der Waals surface area contributed by atoms with Gasteiger partial charge in [-0.25, -0.2) is 14.4 Å². The first-order valence-electron chi connectivity index (χ1n) is 8.41. The average Bonchev–Trinajstić information content (AvgIpc) is 2.92. The molecule has 1 unspecified atom stereocenters. The SMILES string of the molecule is O=C(O)/C=C/C(=O)O.O=C(O)N1CC(c2ccc(Br)cc2)N2CCC1CC2. The van der Waals surface area contributed by atoms with Crippen LogP contribution in [-0.4, -0.2) is 68.8 Å². The fraction of sp³-hybridized carbons (Fsp3) is 0.389. The number of carbonyl (C=O) groups is 3. The van der Waals surface area contributed by atoms with Crippen molar-refractivity contribution in [1.82, 2.24) is 9.80 Å². The van der Waals surface area contributed by atoms with Crippen LogP contribution in [0.25, 0.3) is 0 Å². The van der Waals surface area contributed by atoms with Crippen molar-refractivity contribution in [1.29, 1.82) is 0 Å². The Balaban J connectivity index is 0.000000279. The molecule has 0 spiro atoms. The zero-order valence-electron chi connectivity index (χ0n) is 14.5. The Morgan fingerprint density at radius 2 is 1.48 bits per heavy atom. The van der Waals surface area contributed by atoms with Crippen molar-refractivity contribution >= 4 is 34.0 Å². The molecular formula is C18H21BrN2O6. The van der Waals surface area contributed by atoms with E-state index in [0.717, 1.165) is 30.4 Å². The van der Waals surface area contributed by atoms with Crippen molar-refractivity contribution in [3.05, 3.63) is 46.5 Å². The lowest BCUT2D eigenvalue weighted by Gasteiger charge is -2.31. The highest BCUT2D eigenvalue weighted by Gasteiger charge is 2.37. The number of rotatable bonds is 3. The summed E-state index contributed by atoms with van der Waals surface area (Å²) in [4.78, 5) is 34.6. The summed E-state index contributed by atoms with van der Waals surface area (Å²) >= 11 is 3.44. The second-order valence-electron chi connectivity index (χ2n) is 6.28. The number of carboxylic acid groups (broad SMARTS) is 3. The van der Waals surface area contributed by atoms with Gasteiger partial charge < -0.3 is 20.2 Å². The predicted octanol–water partition coefficient (Wildman–Crippen LogP) is 2.66. The Kier molecular flexibility index (Phi) is 7.37. The number of nitrogens with zero attached hydrogens (tertiary/aromatic N) is 2. The van der Waals surface area contributed by atoms with E-state index < -0.39 is 18.0 Å². The maximum absolute atomic E-state index is 11.4. The number of fused-ring (bicyclic) bond motifs is 4. The molecule has 9 heteroatoms. The molecule has 3 N–H and O–H groups in total. The predicted molar refractivity (Wildman–Crippen MR) is 101 cm³/mol. The molecule has 146 valence electrons. The Bertz CT molecular complexity index is 697. The Morgan fingerprint density at radius 1 is 0.963 bits per heavy atom. The summed E-state index contributed by atoms with van der Waals surface area (Å²) in [5.41, 5.74) is 1.21. The van der Waals surface area contributed by atoms with Gasteiger partial charge in [0.15, 0.2) is 0 Å². The van der Waals surface area contributed by atoms with Crippen molar-refractivity contribution in [2.75, 3.05) is 19.6 Å². The molecule has 1 aromatic carbocycles. The van der Waals surface area contributed by atoms with Gasteiger partial charge in [0.1, 0.15) is 0 Å². The van der Waals surface area contributed by atoms with E-state index in [2.05, 4.69) is 33.0 Å². The third-order valence-corrected chi connectivity index (χ3v) is 5.15. The van der Waals surface area contributed by atoms with Gasteiger partial charge in [0.2, 0.25) is 0 Å². The molecule has 3 saturated heterocycles. The van der Waals surface area contributed by atoms with E-state index in [1.54, 1.807) is 4.90 Å². The van der Waals surface area contributed by atoms with E-state index in [1.807, 2.05) is 12.1 Å². The van der Waals surface area contributed by atoms with E-state index in [0.29, 0.717) is 18.7 Å². The maximum atomic E-state index is 11.4. The van der Waals surface area contributed by atoms with Crippen molar-refractivity contribution < 1.29 is 29.7 Å². The summed E-state index contributed by atoms with van der Waals surface area (Å²) in [6, 6.07) is 8.63. The first-order valence-corrected chi connectivity index (χ1v) is 9.20. The second-order valence-corrected chi connectivity index (χ2v) is 7.19. The average molecular weight is 441 g/mol. The minimum atomic E-state index is -1.26. The monoisotopic (exact) mass is 440 g/mol. The van der Waals surface area contributed by atoms with Crippen molar-refractivity contribution in [3.63, 3.8) is 0 Å². The van der Waals surface area contributed by atoms with Gasteiger partial charge in [0.05, 0.1) is 6.04 Å². The van der Waals surface area contributed by atoms with Crippen LogP contribution in [0.5, 0.6) is 0 Å². The molecule has 0 radical (unpaired) electrons. The second kappa shape index (κ2) is 9.52. The van der Waals surface area contributed by atoms with Crippen LogP contribution >= 0.6 is 15.9 Å². The van der Waals surface area contributed by atoms with Gasteiger partial charge >= 0.3 is 18.0 Å². The third kappa shape index (κ3) is 6.07. The van der Waals surface area contributed by atoms with Crippen LogP contribution in [0.3, 0.4) is 0 Å². The molecule has 3 heterocycles. The summed E-state index contributed by atoms with van der Waals surface area (Å²) in [5, 5.41) is 25.0. The molecule has 3 aliphatic heterocycles. The molecule has 3 fully saturated rings. The standard InChI is InChI=1S/C14H17BrN2O2.C4H4O4/c15-11-3-1-10(2-4-11)13-9-17(14(18)19)12-5-7-16(13)8-6-12;5-3(6)1-2-4(7)8/h1-4,12-13H,5-9H2,(H,18,19);1-2H,(H,5,6)(H,7,8)/b;2-1+. The lowest BCUT2D eigenvalue weighted by atomic mass is 10.0. The first-order chi connectivity index (χ1) is 12.8. The lowest BCUT2D eigenvalue weighted by Crippen LogP contribution is -2.40. The smallest absolute Gasteiger partial charge is 0.407 e. The van der Waals surface area contributed by atoms with Crippen molar-refractivity contribution in [3.8, 4) is 0 Å². The number of hydrogen-bond donors (Lipinski definition) is 3. The summed E-state index contributed by atoms with van der Waals surface area (Å²) in [6.45, 7) is 2.58. The molecule has 2 bridgehead atoms. The Morgan fingerprint density at radius 3 is 1.93 bits per heavy atom. The molecule has 0 saturated carbocycles. The normalized spacial score (nSPS) is 24.0. The highest BCUT2D eigenvalue weighted by atomic mass is 79.9. The van der Waals surface area contributed by atoms with Crippen LogP contribution in [-0.2, 0) is 9.59 Å². The molecule has 8 nitrogen and oxygen atoms in total. The van der Waals surface area contributed by atoms with Gasteiger partial charge in [-0.3, -0.25) is 4.90 Å². The van der Waals surface area contributed by atoms with Crippen LogP contribution in [0.1, 0.15) is 24.4 Å². The highest BCUT2D eigenvalue weighted by Crippen LogP contribution is 2.33. The van der Waals surface area contributed by atoms with Gasteiger partial charge in [0.25, 0.3) is 0 Å². The van der Waals surface area contributed by atoms with Crippen molar-refractivity contribution in [2.24, 2.45) is 0 Å². The molecule has 1 amide bonds. The van der Waals surface area contributed by atoms with Gasteiger partial charge in [0, 0.05) is 42.3 Å². The number of hydrogen-bond acceptors (Lipinski definition) is 4. The first kappa shape index (κ1) is 20.9. The maximum Gasteiger partial charge on any atom is 0.407 e. The number of piperidine rings is 1. The molecule has 4 rings (SSSR count). The number of amides is 1. The van der Waals surface area contributed by atoms with Crippen LogP contribution < -0.4 is 0 Å². The molecule has 0 aliphatic carbocycles. The molecule has 3 aliphatic rings. The number of aliphatic carboxylic acids is 2. The third-order valence-electron chi connectivity index (χ3n) is 4.62. The van der Waals surface area contributed by atoms with Crippen LogP contribution in [0, 0.1) is 0 Å². The number of carboxylic acids is 2. The Labute approximate surface area is 164 Å². The van der Waals surface area contributed by atoms with E-state index in [9.17, 15) is 19.5 Å². The van der Waals surface area contributed by atoms with Crippen LogP contribution in [0.2, 0.25) is 0 Å². The molecule has 27 heavy (non-hydrogen) atoms.